The van der Waals surface area contributed by atoms with Gasteiger partial charge in [-0.15, -0.1) is 0 Å². The van der Waals surface area contributed by atoms with Gasteiger partial charge in [-0.25, -0.2) is 12.8 Å². The first-order valence-electron chi connectivity index (χ1n) is 6.11. The fourth-order valence-corrected chi connectivity index (χ4v) is 3.93. The summed E-state index contributed by atoms with van der Waals surface area (Å²) in [6.45, 7) is 2.84. The van der Waals surface area contributed by atoms with Gasteiger partial charge in [0.2, 0.25) is 10.0 Å². The summed E-state index contributed by atoms with van der Waals surface area (Å²) in [5.41, 5.74) is 5.72. The summed E-state index contributed by atoms with van der Waals surface area (Å²) in [7, 11) is -3.79. The summed E-state index contributed by atoms with van der Waals surface area (Å²) in [4.78, 5) is -0.173. The number of morpholine rings is 1. The van der Waals surface area contributed by atoms with Gasteiger partial charge in [0.15, 0.2) is 0 Å². The van der Waals surface area contributed by atoms with Crippen molar-refractivity contribution in [1.82, 2.24) is 4.31 Å². The van der Waals surface area contributed by atoms with Gasteiger partial charge in [-0.2, -0.15) is 4.31 Å². The van der Waals surface area contributed by atoms with Gasteiger partial charge >= 0.3 is 0 Å². The number of ether oxygens (including phenoxy) is 1. The van der Waals surface area contributed by atoms with Gasteiger partial charge in [0.1, 0.15) is 10.7 Å². The first-order valence-corrected chi connectivity index (χ1v) is 7.55. The number of sulfonamides is 1. The highest BCUT2D eigenvalue weighted by molar-refractivity contribution is 7.89. The normalized spacial score (nSPS) is 21.5. The lowest BCUT2D eigenvalue weighted by Crippen LogP contribution is -2.48. The van der Waals surface area contributed by atoms with Crippen LogP contribution in [0.2, 0.25) is 0 Å². The van der Waals surface area contributed by atoms with Crippen LogP contribution >= 0.6 is 0 Å². The molecular formula is C12H17FN2O3S. The molecule has 0 saturated carbocycles. The van der Waals surface area contributed by atoms with Gasteiger partial charge < -0.3 is 10.5 Å². The van der Waals surface area contributed by atoms with Crippen molar-refractivity contribution in [3.63, 3.8) is 0 Å². The minimum atomic E-state index is -3.79. The molecule has 0 aromatic heterocycles. The first-order chi connectivity index (χ1) is 8.96. The maximum Gasteiger partial charge on any atom is 0.245 e. The number of hydrogen-bond acceptors (Lipinski definition) is 4. The molecule has 0 amide bonds. The summed E-state index contributed by atoms with van der Waals surface area (Å²) in [6, 6.07) is 3.14. The van der Waals surface area contributed by atoms with E-state index in [0.717, 1.165) is 12.1 Å². The van der Waals surface area contributed by atoms with E-state index in [1.165, 1.54) is 10.4 Å². The molecule has 106 valence electrons. The van der Waals surface area contributed by atoms with Gasteiger partial charge in [-0.05, 0) is 24.6 Å². The predicted octanol–water partition coefficient (Wildman–Crippen LogP) is 1.21. The molecule has 1 aliphatic heterocycles. The van der Waals surface area contributed by atoms with E-state index in [0.29, 0.717) is 19.6 Å². The van der Waals surface area contributed by atoms with Crippen molar-refractivity contribution in [2.75, 3.05) is 25.5 Å². The molecule has 0 aliphatic carbocycles. The molecule has 0 radical (unpaired) electrons. The Morgan fingerprint density at radius 3 is 2.95 bits per heavy atom. The summed E-state index contributed by atoms with van der Waals surface area (Å²) < 4.78 is 45.0. The number of nitrogens with zero attached hydrogens (tertiary/aromatic N) is 1. The summed E-state index contributed by atoms with van der Waals surface area (Å²) in [5.74, 6) is -0.617. The lowest BCUT2D eigenvalue weighted by atomic mass is 10.2. The number of anilines is 1. The molecule has 0 spiro atoms. The van der Waals surface area contributed by atoms with Crippen LogP contribution in [-0.2, 0) is 14.8 Å². The van der Waals surface area contributed by atoms with Crippen LogP contribution in [0.4, 0.5) is 10.1 Å². The van der Waals surface area contributed by atoms with E-state index in [1.807, 2.05) is 6.92 Å². The fourth-order valence-electron chi connectivity index (χ4n) is 2.14. The van der Waals surface area contributed by atoms with Gasteiger partial charge in [-0.3, -0.25) is 0 Å². The van der Waals surface area contributed by atoms with E-state index in [9.17, 15) is 12.8 Å². The number of rotatable bonds is 3. The van der Waals surface area contributed by atoms with E-state index in [1.54, 1.807) is 0 Å². The summed E-state index contributed by atoms with van der Waals surface area (Å²) in [5, 5.41) is 0. The van der Waals surface area contributed by atoms with Crippen LogP contribution in [0, 0.1) is 5.82 Å². The van der Waals surface area contributed by atoms with Gasteiger partial charge in [0.05, 0.1) is 18.9 Å². The van der Waals surface area contributed by atoms with Crippen LogP contribution in [0.1, 0.15) is 13.3 Å². The Labute approximate surface area is 112 Å². The topological polar surface area (TPSA) is 72.6 Å². The van der Waals surface area contributed by atoms with E-state index in [2.05, 4.69) is 0 Å². The monoisotopic (exact) mass is 288 g/mol. The minimum absolute atomic E-state index is 0.0581. The Morgan fingerprint density at radius 2 is 2.26 bits per heavy atom. The third-order valence-corrected chi connectivity index (χ3v) is 5.21. The molecule has 19 heavy (non-hydrogen) atoms. The molecule has 2 N–H and O–H groups in total. The smallest absolute Gasteiger partial charge is 0.245 e. The van der Waals surface area contributed by atoms with E-state index >= 15 is 0 Å². The van der Waals surface area contributed by atoms with Gasteiger partial charge in [0.25, 0.3) is 0 Å². The second kappa shape index (κ2) is 5.44. The van der Waals surface area contributed by atoms with Crippen LogP contribution in [0.15, 0.2) is 23.1 Å². The molecule has 1 fully saturated rings. The highest BCUT2D eigenvalue weighted by atomic mass is 32.2. The number of nitrogen functional groups attached to an aromatic ring is 1. The number of benzene rings is 1. The molecule has 0 bridgehead atoms. The quantitative estimate of drug-likeness (QED) is 0.848. The molecule has 1 atom stereocenters. The third-order valence-electron chi connectivity index (χ3n) is 3.21. The van der Waals surface area contributed by atoms with Crippen LogP contribution < -0.4 is 5.73 Å². The molecular weight excluding hydrogens is 271 g/mol. The molecule has 2 rings (SSSR count). The maximum absolute atomic E-state index is 13.3. The zero-order chi connectivity index (χ0) is 14.0. The zero-order valence-corrected chi connectivity index (χ0v) is 11.5. The van der Waals surface area contributed by atoms with Crippen molar-refractivity contribution in [1.29, 1.82) is 0 Å². The SMILES string of the molecule is CCC1COCCN1S(=O)(=O)c1cc(F)ccc1N. The van der Waals surface area contributed by atoms with Crippen molar-refractivity contribution >= 4 is 15.7 Å². The average Bonchev–Trinajstić information content (AvgIpc) is 2.41. The lowest BCUT2D eigenvalue weighted by molar-refractivity contribution is 0.0314. The van der Waals surface area contributed by atoms with Crippen molar-refractivity contribution in [2.24, 2.45) is 0 Å². The van der Waals surface area contributed by atoms with Crippen LogP contribution in [0.5, 0.6) is 0 Å². The van der Waals surface area contributed by atoms with Crippen molar-refractivity contribution in [3.05, 3.63) is 24.0 Å². The molecule has 1 aliphatic rings. The van der Waals surface area contributed by atoms with Crippen LogP contribution in [0.3, 0.4) is 0 Å². The zero-order valence-electron chi connectivity index (χ0n) is 10.7. The lowest BCUT2D eigenvalue weighted by Gasteiger charge is -2.34. The Kier molecular flexibility index (Phi) is 4.07. The average molecular weight is 288 g/mol. The van der Waals surface area contributed by atoms with Crippen LogP contribution in [0.25, 0.3) is 0 Å². The van der Waals surface area contributed by atoms with E-state index in [4.69, 9.17) is 10.5 Å². The van der Waals surface area contributed by atoms with E-state index < -0.39 is 15.8 Å². The van der Waals surface area contributed by atoms with Crippen LogP contribution in [-0.4, -0.2) is 38.5 Å². The molecule has 1 aromatic rings. The molecule has 1 heterocycles. The predicted molar refractivity (Wildman–Crippen MR) is 69.6 cm³/mol. The molecule has 1 saturated heterocycles. The van der Waals surface area contributed by atoms with Gasteiger partial charge in [-0.1, -0.05) is 6.92 Å². The summed E-state index contributed by atoms with van der Waals surface area (Å²) >= 11 is 0. The van der Waals surface area contributed by atoms with Gasteiger partial charge in [0, 0.05) is 12.6 Å². The standard InChI is InChI=1S/C12H17FN2O3S/c1-2-10-8-18-6-5-15(10)19(16,17)12-7-9(13)3-4-11(12)14/h3-4,7,10H,2,5-6,8,14H2,1H3. The highest BCUT2D eigenvalue weighted by Gasteiger charge is 2.34. The second-order valence-electron chi connectivity index (χ2n) is 4.43. The third kappa shape index (κ3) is 2.72. The molecule has 1 unspecified atom stereocenters. The van der Waals surface area contributed by atoms with E-state index in [-0.39, 0.29) is 23.2 Å². The number of hydrogen-bond donors (Lipinski definition) is 1. The Balaban J connectivity index is 2.43. The second-order valence-corrected chi connectivity index (χ2v) is 6.29. The Morgan fingerprint density at radius 1 is 1.53 bits per heavy atom. The summed E-state index contributed by atoms with van der Waals surface area (Å²) in [6.07, 6.45) is 0.633. The number of nitrogens with two attached hydrogens (primary N) is 1. The van der Waals surface area contributed by atoms with Crippen molar-refractivity contribution < 1.29 is 17.5 Å². The van der Waals surface area contributed by atoms with Crippen molar-refractivity contribution in [3.8, 4) is 0 Å². The number of halogens is 1. The molecule has 5 nitrogen and oxygen atoms in total. The molecule has 1 aromatic carbocycles. The Bertz CT molecular complexity index is 562. The highest BCUT2D eigenvalue weighted by Crippen LogP contribution is 2.26. The Hall–Kier alpha value is -1.18. The first kappa shape index (κ1) is 14.2. The minimum Gasteiger partial charge on any atom is -0.398 e. The maximum atomic E-state index is 13.3. The largest absolute Gasteiger partial charge is 0.398 e. The van der Waals surface area contributed by atoms with Crippen molar-refractivity contribution in [2.45, 2.75) is 24.3 Å². The fraction of sp³-hybridized carbons (Fsp3) is 0.500. The molecule has 7 heteroatoms.